The molecule has 72 valence electrons. The molecule has 2 aromatic heterocycles. The second kappa shape index (κ2) is 3.82. The van der Waals surface area contributed by atoms with Gasteiger partial charge in [-0.05, 0) is 0 Å². The van der Waals surface area contributed by atoms with Crippen LogP contribution in [0.15, 0.2) is 23.1 Å². The fraction of sp³-hybridized carbons (Fsp3) is 0.250. The van der Waals surface area contributed by atoms with E-state index in [0.29, 0.717) is 18.5 Å². The molecule has 0 saturated heterocycles. The minimum atomic E-state index is 0.409. The summed E-state index contributed by atoms with van der Waals surface area (Å²) < 4.78 is 5.13. The van der Waals surface area contributed by atoms with Gasteiger partial charge in [0.05, 0.1) is 0 Å². The molecule has 0 aliphatic heterocycles. The van der Waals surface area contributed by atoms with Gasteiger partial charge in [-0.2, -0.15) is 0 Å². The predicted octanol–water partition coefficient (Wildman–Crippen LogP) is 0.780. The maximum atomic E-state index is 5.13. The molecule has 0 saturated carbocycles. The first-order valence-corrected chi connectivity index (χ1v) is 4.12. The van der Waals surface area contributed by atoms with Crippen molar-refractivity contribution < 1.29 is 4.42 Å². The van der Waals surface area contributed by atoms with Crippen LogP contribution in [0.25, 0.3) is 0 Å². The van der Waals surface area contributed by atoms with Gasteiger partial charge in [-0.15, -0.1) is 5.10 Å². The third-order valence-corrected chi connectivity index (χ3v) is 1.58. The molecule has 6 heteroatoms. The quantitative estimate of drug-likeness (QED) is 0.772. The van der Waals surface area contributed by atoms with Crippen molar-refractivity contribution >= 4 is 6.01 Å². The molecule has 0 fully saturated rings. The van der Waals surface area contributed by atoms with Gasteiger partial charge in [-0.1, -0.05) is 5.10 Å². The highest BCUT2D eigenvalue weighted by atomic mass is 16.4. The van der Waals surface area contributed by atoms with Crippen molar-refractivity contribution in [1.82, 2.24) is 20.2 Å². The second-order valence-electron chi connectivity index (χ2n) is 2.73. The Labute approximate surface area is 80.4 Å². The maximum absolute atomic E-state index is 5.13. The molecule has 2 rings (SSSR count). The normalized spacial score (nSPS) is 10.1. The molecule has 0 bridgehead atoms. The first kappa shape index (κ1) is 8.61. The fourth-order valence-electron chi connectivity index (χ4n) is 0.967. The molecule has 0 unspecified atom stereocenters. The number of hydrogen-bond acceptors (Lipinski definition) is 6. The molecule has 0 amide bonds. The van der Waals surface area contributed by atoms with Crippen LogP contribution in [0, 0.1) is 6.92 Å². The van der Waals surface area contributed by atoms with E-state index in [4.69, 9.17) is 4.42 Å². The monoisotopic (exact) mass is 191 g/mol. The molecule has 6 nitrogen and oxygen atoms in total. The van der Waals surface area contributed by atoms with Crippen molar-refractivity contribution in [3.63, 3.8) is 0 Å². The van der Waals surface area contributed by atoms with Gasteiger partial charge in [-0.3, -0.25) is 0 Å². The van der Waals surface area contributed by atoms with E-state index in [0.717, 1.165) is 5.56 Å². The molecule has 2 heterocycles. The van der Waals surface area contributed by atoms with Crippen molar-refractivity contribution in [1.29, 1.82) is 0 Å². The topological polar surface area (TPSA) is 76.7 Å². The van der Waals surface area contributed by atoms with Crippen molar-refractivity contribution in [2.45, 2.75) is 13.5 Å². The Morgan fingerprint density at radius 1 is 1.29 bits per heavy atom. The Bertz CT molecular complexity index is 399. The molecule has 0 radical (unpaired) electrons. The van der Waals surface area contributed by atoms with E-state index in [1.165, 1.54) is 6.33 Å². The molecule has 2 aromatic rings. The zero-order valence-corrected chi connectivity index (χ0v) is 7.64. The van der Waals surface area contributed by atoms with Crippen LogP contribution in [0.2, 0.25) is 0 Å². The van der Waals surface area contributed by atoms with Crippen molar-refractivity contribution in [3.8, 4) is 0 Å². The lowest BCUT2D eigenvalue weighted by Gasteiger charge is -1.98. The summed E-state index contributed by atoms with van der Waals surface area (Å²) in [6.45, 7) is 2.31. The van der Waals surface area contributed by atoms with Gasteiger partial charge in [0.2, 0.25) is 5.89 Å². The lowest BCUT2D eigenvalue weighted by Crippen LogP contribution is -2.00. The van der Waals surface area contributed by atoms with Gasteiger partial charge in [0.25, 0.3) is 0 Å². The molecule has 0 aliphatic rings. The Kier molecular flexibility index (Phi) is 2.35. The zero-order valence-electron chi connectivity index (χ0n) is 7.64. The maximum Gasteiger partial charge on any atom is 0.315 e. The van der Waals surface area contributed by atoms with Crippen LogP contribution in [0.3, 0.4) is 0 Å². The van der Waals surface area contributed by atoms with Gasteiger partial charge in [0.1, 0.15) is 6.33 Å². The standard InChI is InChI=1S/C8H9N5O/c1-6-12-13-8(14-6)11-4-7-2-9-5-10-3-7/h2-3,5H,4H2,1H3,(H,11,13). The minimum Gasteiger partial charge on any atom is -0.408 e. The number of nitrogens with one attached hydrogen (secondary N) is 1. The van der Waals surface area contributed by atoms with E-state index < -0.39 is 0 Å². The molecule has 0 aliphatic carbocycles. The fourth-order valence-corrected chi connectivity index (χ4v) is 0.967. The van der Waals surface area contributed by atoms with E-state index >= 15 is 0 Å². The summed E-state index contributed by atoms with van der Waals surface area (Å²) in [6.07, 6.45) is 4.94. The largest absolute Gasteiger partial charge is 0.408 e. The van der Waals surface area contributed by atoms with Crippen LogP contribution >= 0.6 is 0 Å². The van der Waals surface area contributed by atoms with Gasteiger partial charge in [0.15, 0.2) is 0 Å². The summed E-state index contributed by atoms with van der Waals surface area (Å²) in [4.78, 5) is 7.77. The third-order valence-electron chi connectivity index (χ3n) is 1.58. The van der Waals surface area contributed by atoms with Crippen LogP contribution < -0.4 is 5.32 Å². The number of anilines is 1. The summed E-state index contributed by atoms with van der Waals surface area (Å²) in [5.74, 6) is 0.539. The van der Waals surface area contributed by atoms with Crippen molar-refractivity contribution in [2.75, 3.05) is 5.32 Å². The van der Waals surface area contributed by atoms with Gasteiger partial charge in [-0.25, -0.2) is 9.97 Å². The average Bonchev–Trinajstić information content (AvgIpc) is 2.63. The molecule has 1 N–H and O–H groups in total. The minimum absolute atomic E-state index is 0.409. The van der Waals surface area contributed by atoms with E-state index in [9.17, 15) is 0 Å². The van der Waals surface area contributed by atoms with Gasteiger partial charge < -0.3 is 9.73 Å². The number of aromatic nitrogens is 4. The first-order chi connectivity index (χ1) is 6.84. The lowest BCUT2D eigenvalue weighted by atomic mass is 10.3. The first-order valence-electron chi connectivity index (χ1n) is 4.12. The number of aryl methyl sites for hydroxylation is 1. The Morgan fingerprint density at radius 2 is 2.07 bits per heavy atom. The SMILES string of the molecule is Cc1nnc(NCc2cncnc2)o1. The molecule has 0 aromatic carbocycles. The van der Waals surface area contributed by atoms with Crippen LogP contribution in [0.1, 0.15) is 11.5 Å². The summed E-state index contributed by atoms with van der Waals surface area (Å²) in [6, 6.07) is 0.409. The molecule has 0 atom stereocenters. The summed E-state index contributed by atoms with van der Waals surface area (Å²) >= 11 is 0. The van der Waals surface area contributed by atoms with E-state index in [2.05, 4.69) is 25.5 Å². The highest BCUT2D eigenvalue weighted by molar-refractivity contribution is 5.20. The highest BCUT2D eigenvalue weighted by Gasteiger charge is 2.00. The number of nitrogens with zero attached hydrogens (tertiary/aromatic N) is 4. The number of hydrogen-bond donors (Lipinski definition) is 1. The second-order valence-corrected chi connectivity index (χ2v) is 2.73. The predicted molar refractivity (Wildman–Crippen MR) is 48.4 cm³/mol. The average molecular weight is 191 g/mol. The number of rotatable bonds is 3. The molecular weight excluding hydrogens is 182 g/mol. The summed E-state index contributed by atoms with van der Waals surface area (Å²) in [7, 11) is 0. The summed E-state index contributed by atoms with van der Waals surface area (Å²) in [5, 5.41) is 10.4. The Hall–Kier alpha value is -1.98. The van der Waals surface area contributed by atoms with Crippen LogP contribution in [0.4, 0.5) is 6.01 Å². The van der Waals surface area contributed by atoms with Crippen molar-refractivity contribution in [2.24, 2.45) is 0 Å². The molecule has 0 spiro atoms. The van der Waals surface area contributed by atoms with Gasteiger partial charge in [0, 0.05) is 31.4 Å². The smallest absolute Gasteiger partial charge is 0.315 e. The summed E-state index contributed by atoms with van der Waals surface area (Å²) in [5.41, 5.74) is 0.961. The lowest BCUT2D eigenvalue weighted by molar-refractivity contribution is 0.530. The zero-order chi connectivity index (χ0) is 9.80. The van der Waals surface area contributed by atoms with E-state index in [1.54, 1.807) is 19.3 Å². The van der Waals surface area contributed by atoms with Crippen LogP contribution in [-0.2, 0) is 6.54 Å². The Morgan fingerprint density at radius 3 is 2.71 bits per heavy atom. The van der Waals surface area contributed by atoms with Gasteiger partial charge >= 0.3 is 6.01 Å². The third kappa shape index (κ3) is 2.03. The van der Waals surface area contributed by atoms with Crippen molar-refractivity contribution in [3.05, 3.63) is 30.2 Å². The molecule has 14 heavy (non-hydrogen) atoms. The highest BCUT2D eigenvalue weighted by Crippen LogP contribution is 2.05. The molecular formula is C8H9N5O. The Balaban J connectivity index is 1.95. The van der Waals surface area contributed by atoms with Crippen LogP contribution in [-0.4, -0.2) is 20.2 Å². The van der Waals surface area contributed by atoms with E-state index in [-0.39, 0.29) is 0 Å². The van der Waals surface area contributed by atoms with Crippen LogP contribution in [0.5, 0.6) is 0 Å². The van der Waals surface area contributed by atoms with E-state index in [1.807, 2.05) is 0 Å².